The largest absolute Gasteiger partial charge is 0.319 e. The molecule has 1 heteroatoms. The number of hydrogen-bond donors (Lipinski definition) is 1. The molecule has 84 valence electrons. The molecule has 0 aliphatic heterocycles. The van der Waals surface area contributed by atoms with Crippen LogP contribution in [0.1, 0.15) is 52.4 Å². The lowest BCUT2D eigenvalue weighted by Crippen LogP contribution is -2.29. The summed E-state index contributed by atoms with van der Waals surface area (Å²) in [6, 6.07) is 0. The standard InChI is InChI=1S/C13H27N/c1-4-11(2)9-12-7-5-6-8-13(12)10-14-3/h11-14H,4-10H2,1-3H3. The summed E-state index contributed by atoms with van der Waals surface area (Å²) >= 11 is 0. The summed E-state index contributed by atoms with van der Waals surface area (Å²) in [6.45, 7) is 5.96. The van der Waals surface area contributed by atoms with Gasteiger partial charge in [0.1, 0.15) is 0 Å². The molecule has 3 unspecified atom stereocenters. The van der Waals surface area contributed by atoms with Gasteiger partial charge in [0.25, 0.3) is 0 Å². The molecule has 0 saturated heterocycles. The van der Waals surface area contributed by atoms with Gasteiger partial charge in [0.2, 0.25) is 0 Å². The average molecular weight is 197 g/mol. The van der Waals surface area contributed by atoms with Gasteiger partial charge in [-0.1, -0.05) is 39.5 Å². The SMILES string of the molecule is CCC(C)CC1CCCCC1CNC. The average Bonchev–Trinajstić information content (AvgIpc) is 2.21. The first-order chi connectivity index (χ1) is 6.77. The number of nitrogens with one attached hydrogen (secondary N) is 1. The van der Waals surface area contributed by atoms with Crippen LogP contribution in [-0.2, 0) is 0 Å². The third kappa shape index (κ3) is 3.61. The van der Waals surface area contributed by atoms with Crippen molar-refractivity contribution in [2.45, 2.75) is 52.4 Å². The normalized spacial score (nSPS) is 30.2. The van der Waals surface area contributed by atoms with E-state index in [1.807, 2.05) is 0 Å². The van der Waals surface area contributed by atoms with Crippen molar-refractivity contribution < 1.29 is 0 Å². The van der Waals surface area contributed by atoms with Crippen molar-refractivity contribution in [3.8, 4) is 0 Å². The highest BCUT2D eigenvalue weighted by molar-refractivity contribution is 4.77. The van der Waals surface area contributed by atoms with Gasteiger partial charge in [0.05, 0.1) is 0 Å². The molecule has 1 saturated carbocycles. The first kappa shape index (κ1) is 12.0. The lowest BCUT2D eigenvalue weighted by atomic mass is 9.75. The van der Waals surface area contributed by atoms with Crippen molar-refractivity contribution in [3.63, 3.8) is 0 Å². The van der Waals surface area contributed by atoms with Crippen molar-refractivity contribution in [1.82, 2.24) is 5.32 Å². The van der Waals surface area contributed by atoms with Gasteiger partial charge >= 0.3 is 0 Å². The monoisotopic (exact) mass is 197 g/mol. The molecule has 1 aliphatic rings. The smallest absolute Gasteiger partial charge is 0.00209 e. The van der Waals surface area contributed by atoms with Crippen LogP contribution in [-0.4, -0.2) is 13.6 Å². The molecule has 1 N–H and O–H groups in total. The van der Waals surface area contributed by atoms with E-state index in [9.17, 15) is 0 Å². The molecule has 14 heavy (non-hydrogen) atoms. The van der Waals surface area contributed by atoms with Crippen LogP contribution in [0, 0.1) is 17.8 Å². The van der Waals surface area contributed by atoms with Gasteiger partial charge in [-0.2, -0.15) is 0 Å². The number of hydrogen-bond acceptors (Lipinski definition) is 1. The Morgan fingerprint density at radius 2 is 1.86 bits per heavy atom. The van der Waals surface area contributed by atoms with E-state index in [4.69, 9.17) is 0 Å². The summed E-state index contributed by atoms with van der Waals surface area (Å²) in [4.78, 5) is 0. The molecule has 1 rings (SSSR count). The van der Waals surface area contributed by atoms with Crippen molar-refractivity contribution in [2.24, 2.45) is 17.8 Å². The van der Waals surface area contributed by atoms with Crippen LogP contribution in [0.5, 0.6) is 0 Å². The van der Waals surface area contributed by atoms with Crippen LogP contribution < -0.4 is 5.32 Å². The Balaban J connectivity index is 2.37. The zero-order valence-corrected chi connectivity index (χ0v) is 10.2. The number of rotatable bonds is 5. The fourth-order valence-corrected chi connectivity index (χ4v) is 2.81. The predicted octanol–water partition coefficient (Wildman–Crippen LogP) is 3.45. The van der Waals surface area contributed by atoms with E-state index in [1.54, 1.807) is 0 Å². The molecule has 0 amide bonds. The van der Waals surface area contributed by atoms with E-state index in [2.05, 4.69) is 26.2 Å². The Morgan fingerprint density at radius 1 is 1.21 bits per heavy atom. The molecule has 1 fully saturated rings. The Hall–Kier alpha value is -0.0400. The molecule has 0 bridgehead atoms. The molecule has 3 atom stereocenters. The van der Waals surface area contributed by atoms with Crippen molar-refractivity contribution in [3.05, 3.63) is 0 Å². The summed E-state index contributed by atoms with van der Waals surface area (Å²) in [5.74, 6) is 2.89. The molecule has 0 aromatic heterocycles. The lowest BCUT2D eigenvalue weighted by Gasteiger charge is -2.33. The highest BCUT2D eigenvalue weighted by atomic mass is 14.8. The van der Waals surface area contributed by atoms with Gasteiger partial charge in [-0.3, -0.25) is 0 Å². The van der Waals surface area contributed by atoms with E-state index in [-0.39, 0.29) is 0 Å². The van der Waals surface area contributed by atoms with Gasteiger partial charge < -0.3 is 5.32 Å². The minimum Gasteiger partial charge on any atom is -0.319 e. The third-order valence-corrected chi connectivity index (χ3v) is 3.93. The lowest BCUT2D eigenvalue weighted by molar-refractivity contribution is 0.196. The minimum absolute atomic E-state index is 0.928. The van der Waals surface area contributed by atoms with E-state index < -0.39 is 0 Å². The van der Waals surface area contributed by atoms with Crippen LogP contribution in [0.15, 0.2) is 0 Å². The molecular weight excluding hydrogens is 170 g/mol. The van der Waals surface area contributed by atoms with E-state index in [1.165, 1.54) is 45.1 Å². The van der Waals surface area contributed by atoms with E-state index in [0.717, 1.165) is 17.8 Å². The second-order valence-corrected chi connectivity index (χ2v) is 5.11. The summed E-state index contributed by atoms with van der Waals surface area (Å²) < 4.78 is 0. The maximum absolute atomic E-state index is 3.36. The maximum Gasteiger partial charge on any atom is -0.00209 e. The minimum atomic E-state index is 0.928. The Bertz CT molecular complexity index is 142. The Morgan fingerprint density at radius 3 is 2.43 bits per heavy atom. The first-order valence-corrected chi connectivity index (χ1v) is 6.42. The van der Waals surface area contributed by atoms with Gasteiger partial charge in [0.15, 0.2) is 0 Å². The predicted molar refractivity (Wildman–Crippen MR) is 63.4 cm³/mol. The van der Waals surface area contributed by atoms with Crippen LogP contribution in [0.2, 0.25) is 0 Å². The van der Waals surface area contributed by atoms with Gasteiger partial charge in [-0.05, 0) is 44.2 Å². The van der Waals surface area contributed by atoms with Crippen molar-refractivity contribution >= 4 is 0 Å². The quantitative estimate of drug-likeness (QED) is 0.712. The maximum atomic E-state index is 3.36. The fraction of sp³-hybridized carbons (Fsp3) is 1.00. The summed E-state index contributed by atoms with van der Waals surface area (Å²) in [5.41, 5.74) is 0. The van der Waals surface area contributed by atoms with Gasteiger partial charge in [-0.15, -0.1) is 0 Å². The summed E-state index contributed by atoms with van der Waals surface area (Å²) in [7, 11) is 2.09. The zero-order chi connectivity index (χ0) is 10.4. The van der Waals surface area contributed by atoms with Crippen LogP contribution in [0.25, 0.3) is 0 Å². The highest BCUT2D eigenvalue weighted by Crippen LogP contribution is 2.34. The first-order valence-electron chi connectivity index (χ1n) is 6.42. The second-order valence-electron chi connectivity index (χ2n) is 5.11. The third-order valence-electron chi connectivity index (χ3n) is 3.93. The highest BCUT2D eigenvalue weighted by Gasteiger charge is 2.25. The van der Waals surface area contributed by atoms with Gasteiger partial charge in [-0.25, -0.2) is 0 Å². The molecule has 0 aromatic carbocycles. The molecular formula is C13H27N. The van der Waals surface area contributed by atoms with E-state index >= 15 is 0 Å². The topological polar surface area (TPSA) is 12.0 Å². The van der Waals surface area contributed by atoms with Crippen molar-refractivity contribution in [2.75, 3.05) is 13.6 Å². The van der Waals surface area contributed by atoms with Crippen molar-refractivity contribution in [1.29, 1.82) is 0 Å². The molecule has 0 radical (unpaired) electrons. The molecule has 0 heterocycles. The second kappa shape index (κ2) is 6.44. The summed E-state index contributed by atoms with van der Waals surface area (Å²) in [6.07, 6.45) is 8.69. The van der Waals surface area contributed by atoms with Crippen LogP contribution >= 0.6 is 0 Å². The fourth-order valence-electron chi connectivity index (χ4n) is 2.81. The Labute approximate surface area is 89.7 Å². The zero-order valence-electron chi connectivity index (χ0n) is 10.2. The Kier molecular flexibility index (Phi) is 5.54. The van der Waals surface area contributed by atoms with Crippen LogP contribution in [0.3, 0.4) is 0 Å². The summed E-state index contributed by atoms with van der Waals surface area (Å²) in [5, 5.41) is 3.36. The van der Waals surface area contributed by atoms with Crippen LogP contribution in [0.4, 0.5) is 0 Å². The molecule has 0 spiro atoms. The molecule has 0 aromatic rings. The molecule has 1 nitrogen and oxygen atoms in total. The van der Waals surface area contributed by atoms with Gasteiger partial charge in [0, 0.05) is 0 Å². The molecule has 1 aliphatic carbocycles. The van der Waals surface area contributed by atoms with E-state index in [0.29, 0.717) is 0 Å².